The van der Waals surface area contributed by atoms with Crippen LogP contribution in [0.4, 0.5) is 0 Å². The molecular weight excluding hydrogens is 214 g/mol. The summed E-state index contributed by atoms with van der Waals surface area (Å²) in [6.45, 7) is 1.76. The zero-order valence-electron chi connectivity index (χ0n) is 7.99. The number of benzene rings is 1. The number of nitrogens with zero attached hydrogens (tertiary/aromatic N) is 1. The van der Waals surface area contributed by atoms with Crippen LogP contribution >= 0.6 is 11.6 Å². The maximum atomic E-state index is 11.0. The Morgan fingerprint density at radius 3 is 2.80 bits per heavy atom. The van der Waals surface area contributed by atoms with Crippen LogP contribution in [0.5, 0.6) is 0 Å². The van der Waals surface area contributed by atoms with Crippen LogP contribution in [0.1, 0.15) is 16.1 Å². The maximum Gasteiger partial charge on any atom is 0.336 e. The Kier molecular flexibility index (Phi) is 2.32. The van der Waals surface area contributed by atoms with Gasteiger partial charge in [0.2, 0.25) is 0 Å². The van der Waals surface area contributed by atoms with E-state index in [-0.39, 0.29) is 5.56 Å². The normalized spacial score (nSPS) is 10.5. The van der Waals surface area contributed by atoms with E-state index in [1.807, 2.05) is 0 Å². The molecule has 0 spiro atoms. The average Bonchev–Trinajstić information content (AvgIpc) is 2.15. The fourth-order valence-corrected chi connectivity index (χ4v) is 1.68. The van der Waals surface area contributed by atoms with E-state index in [0.29, 0.717) is 21.6 Å². The smallest absolute Gasteiger partial charge is 0.336 e. The van der Waals surface area contributed by atoms with Crippen molar-refractivity contribution in [1.29, 1.82) is 0 Å². The molecule has 0 saturated heterocycles. The molecule has 15 heavy (non-hydrogen) atoms. The topological polar surface area (TPSA) is 50.2 Å². The first-order valence-electron chi connectivity index (χ1n) is 4.38. The zero-order chi connectivity index (χ0) is 11.0. The number of carbonyl (C=O) groups is 1. The average molecular weight is 222 g/mol. The Morgan fingerprint density at radius 1 is 1.40 bits per heavy atom. The quantitative estimate of drug-likeness (QED) is 0.806. The standard InChI is InChI=1S/C11H8ClNO2/c1-6-4-9(11(14)15)8-3-2-7(12)5-10(8)13-6/h2-5H,1H3,(H,14,15). The third-order valence-electron chi connectivity index (χ3n) is 2.13. The molecule has 0 aliphatic carbocycles. The third-order valence-corrected chi connectivity index (χ3v) is 2.37. The van der Waals surface area contributed by atoms with E-state index in [1.54, 1.807) is 31.2 Å². The highest BCUT2D eigenvalue weighted by Gasteiger charge is 2.10. The molecule has 0 atom stereocenters. The molecule has 1 aromatic carbocycles. The minimum atomic E-state index is -0.951. The van der Waals surface area contributed by atoms with Crippen molar-refractivity contribution >= 4 is 28.5 Å². The fraction of sp³-hybridized carbons (Fsp3) is 0.0909. The number of hydrogen-bond acceptors (Lipinski definition) is 2. The molecule has 0 unspecified atom stereocenters. The first-order chi connectivity index (χ1) is 7.08. The van der Waals surface area contributed by atoms with Gasteiger partial charge in [-0.25, -0.2) is 4.79 Å². The van der Waals surface area contributed by atoms with Crippen molar-refractivity contribution in [3.8, 4) is 0 Å². The largest absolute Gasteiger partial charge is 0.478 e. The number of fused-ring (bicyclic) bond motifs is 1. The summed E-state index contributed by atoms with van der Waals surface area (Å²) in [7, 11) is 0. The van der Waals surface area contributed by atoms with Crippen LogP contribution in [-0.4, -0.2) is 16.1 Å². The predicted molar refractivity (Wildman–Crippen MR) is 58.4 cm³/mol. The highest BCUT2D eigenvalue weighted by molar-refractivity contribution is 6.31. The van der Waals surface area contributed by atoms with Gasteiger partial charge in [-0.1, -0.05) is 17.7 Å². The third kappa shape index (κ3) is 1.78. The van der Waals surface area contributed by atoms with Crippen LogP contribution in [0.3, 0.4) is 0 Å². The second-order valence-corrected chi connectivity index (χ2v) is 3.71. The number of halogens is 1. The summed E-state index contributed by atoms with van der Waals surface area (Å²) in [5.74, 6) is -0.951. The van der Waals surface area contributed by atoms with Crippen molar-refractivity contribution in [3.63, 3.8) is 0 Å². The van der Waals surface area contributed by atoms with Gasteiger partial charge in [0.15, 0.2) is 0 Å². The lowest BCUT2D eigenvalue weighted by Crippen LogP contribution is -1.99. The first kappa shape index (κ1) is 9.93. The summed E-state index contributed by atoms with van der Waals surface area (Å²) < 4.78 is 0. The van der Waals surface area contributed by atoms with Crippen molar-refractivity contribution in [1.82, 2.24) is 4.98 Å². The van der Waals surface area contributed by atoms with Gasteiger partial charge >= 0.3 is 5.97 Å². The molecule has 0 bridgehead atoms. The summed E-state index contributed by atoms with van der Waals surface area (Å²) in [6, 6.07) is 6.55. The van der Waals surface area contributed by atoms with Gasteiger partial charge in [-0.3, -0.25) is 4.98 Å². The van der Waals surface area contributed by atoms with Crippen LogP contribution in [0.2, 0.25) is 5.02 Å². The number of carboxylic acid groups (broad SMARTS) is 1. The molecule has 0 amide bonds. The molecule has 0 aliphatic heterocycles. The number of aromatic carboxylic acids is 1. The van der Waals surface area contributed by atoms with Crippen molar-refractivity contribution < 1.29 is 9.90 Å². The van der Waals surface area contributed by atoms with Crippen molar-refractivity contribution in [2.75, 3.05) is 0 Å². The van der Waals surface area contributed by atoms with Gasteiger partial charge in [0.05, 0.1) is 11.1 Å². The van der Waals surface area contributed by atoms with Crippen LogP contribution < -0.4 is 0 Å². The van der Waals surface area contributed by atoms with Gasteiger partial charge in [-0.05, 0) is 25.1 Å². The van der Waals surface area contributed by atoms with E-state index in [1.165, 1.54) is 0 Å². The molecule has 0 saturated carbocycles. The number of aromatic nitrogens is 1. The second kappa shape index (κ2) is 3.51. The lowest BCUT2D eigenvalue weighted by atomic mass is 10.1. The van der Waals surface area contributed by atoms with Crippen molar-refractivity contribution in [2.24, 2.45) is 0 Å². The van der Waals surface area contributed by atoms with Crippen molar-refractivity contribution in [3.05, 3.63) is 40.5 Å². The van der Waals surface area contributed by atoms with E-state index in [0.717, 1.165) is 0 Å². The fourth-order valence-electron chi connectivity index (χ4n) is 1.51. The van der Waals surface area contributed by atoms with Gasteiger partial charge in [-0.15, -0.1) is 0 Å². The van der Waals surface area contributed by atoms with E-state index >= 15 is 0 Å². The highest BCUT2D eigenvalue weighted by Crippen LogP contribution is 2.21. The monoisotopic (exact) mass is 221 g/mol. The number of carboxylic acids is 1. The molecule has 2 rings (SSSR count). The summed E-state index contributed by atoms with van der Waals surface area (Å²) in [6.07, 6.45) is 0. The Morgan fingerprint density at radius 2 is 2.13 bits per heavy atom. The molecular formula is C11H8ClNO2. The Bertz CT molecular complexity index is 546. The number of rotatable bonds is 1. The van der Waals surface area contributed by atoms with Crippen molar-refractivity contribution in [2.45, 2.75) is 6.92 Å². The summed E-state index contributed by atoms with van der Waals surface area (Å²) in [5.41, 5.74) is 1.54. The highest BCUT2D eigenvalue weighted by atomic mass is 35.5. The summed E-state index contributed by atoms with van der Waals surface area (Å²) >= 11 is 5.82. The predicted octanol–water partition coefficient (Wildman–Crippen LogP) is 2.89. The SMILES string of the molecule is Cc1cc(C(=O)O)c2ccc(Cl)cc2n1. The lowest BCUT2D eigenvalue weighted by Gasteiger charge is -2.03. The Labute approximate surface area is 91.3 Å². The van der Waals surface area contributed by atoms with E-state index in [4.69, 9.17) is 16.7 Å². The Hall–Kier alpha value is -1.61. The first-order valence-corrected chi connectivity index (χ1v) is 4.76. The number of pyridine rings is 1. The summed E-state index contributed by atoms with van der Waals surface area (Å²) in [4.78, 5) is 15.2. The zero-order valence-corrected chi connectivity index (χ0v) is 8.75. The molecule has 1 aromatic heterocycles. The van der Waals surface area contributed by atoms with Crippen LogP contribution in [-0.2, 0) is 0 Å². The lowest BCUT2D eigenvalue weighted by molar-refractivity contribution is 0.0699. The van der Waals surface area contributed by atoms with Crippen LogP contribution in [0.15, 0.2) is 24.3 Å². The molecule has 2 aromatic rings. The van der Waals surface area contributed by atoms with Gasteiger partial charge in [-0.2, -0.15) is 0 Å². The second-order valence-electron chi connectivity index (χ2n) is 3.28. The molecule has 3 nitrogen and oxygen atoms in total. The molecule has 4 heteroatoms. The minimum absolute atomic E-state index is 0.258. The molecule has 0 fully saturated rings. The van der Waals surface area contributed by atoms with Gasteiger partial charge in [0, 0.05) is 16.1 Å². The molecule has 0 aliphatic rings. The van der Waals surface area contributed by atoms with E-state index in [9.17, 15) is 4.79 Å². The Balaban J connectivity index is 2.86. The molecule has 1 heterocycles. The van der Waals surface area contributed by atoms with E-state index in [2.05, 4.69) is 4.98 Å². The minimum Gasteiger partial charge on any atom is -0.478 e. The van der Waals surface area contributed by atoms with Gasteiger partial charge < -0.3 is 5.11 Å². The number of hydrogen-bond donors (Lipinski definition) is 1. The summed E-state index contributed by atoms with van der Waals surface area (Å²) in [5, 5.41) is 10.2. The van der Waals surface area contributed by atoms with Crippen LogP contribution in [0, 0.1) is 6.92 Å². The molecule has 1 N–H and O–H groups in total. The van der Waals surface area contributed by atoms with Crippen LogP contribution in [0.25, 0.3) is 10.9 Å². The maximum absolute atomic E-state index is 11.0. The number of aryl methyl sites for hydroxylation is 1. The molecule has 76 valence electrons. The van der Waals surface area contributed by atoms with Gasteiger partial charge in [0.1, 0.15) is 0 Å². The van der Waals surface area contributed by atoms with E-state index < -0.39 is 5.97 Å². The van der Waals surface area contributed by atoms with Gasteiger partial charge in [0.25, 0.3) is 0 Å². The molecule has 0 radical (unpaired) electrons.